The molecule has 79 valence electrons. The van der Waals surface area contributed by atoms with E-state index in [0.29, 0.717) is 6.42 Å². The van der Waals surface area contributed by atoms with Gasteiger partial charge < -0.3 is 4.90 Å². The first-order valence-corrected chi connectivity index (χ1v) is 5.59. The van der Waals surface area contributed by atoms with E-state index in [1.807, 2.05) is 6.29 Å². The molecule has 1 radical (unpaired) electrons. The summed E-state index contributed by atoms with van der Waals surface area (Å²) in [5, 5.41) is 0. The first-order valence-electron chi connectivity index (χ1n) is 5.59. The molecule has 1 aliphatic rings. The lowest BCUT2D eigenvalue weighted by atomic mass is 10.1. The van der Waals surface area contributed by atoms with Gasteiger partial charge in [-0.25, -0.2) is 0 Å². The van der Waals surface area contributed by atoms with E-state index < -0.39 is 0 Å². The molecule has 0 atom stereocenters. The van der Waals surface area contributed by atoms with Crippen molar-refractivity contribution < 1.29 is 4.79 Å². The molecule has 0 bridgehead atoms. The van der Waals surface area contributed by atoms with Gasteiger partial charge in [0.05, 0.1) is 0 Å². The van der Waals surface area contributed by atoms with Crippen LogP contribution in [0.3, 0.4) is 0 Å². The average molecular weight is 202 g/mol. The van der Waals surface area contributed by atoms with Crippen molar-refractivity contribution in [3.63, 3.8) is 0 Å². The molecule has 0 amide bonds. The summed E-state index contributed by atoms with van der Waals surface area (Å²) in [6.45, 7) is 2.36. The summed E-state index contributed by atoms with van der Waals surface area (Å²) in [7, 11) is 0. The topological polar surface area (TPSA) is 20.3 Å². The Balaban J connectivity index is 1.99. The average Bonchev–Trinajstić information content (AvgIpc) is 2.80. The lowest BCUT2D eigenvalue weighted by Gasteiger charge is -2.17. The maximum Gasteiger partial charge on any atom is 0.198 e. The molecule has 1 fully saturated rings. The molecule has 1 aliphatic heterocycles. The first kappa shape index (κ1) is 10.2. The molecule has 1 heterocycles. The fourth-order valence-corrected chi connectivity index (χ4v) is 2.04. The van der Waals surface area contributed by atoms with Crippen LogP contribution >= 0.6 is 0 Å². The van der Waals surface area contributed by atoms with Crippen molar-refractivity contribution in [3.05, 3.63) is 29.8 Å². The monoisotopic (exact) mass is 202 g/mol. The van der Waals surface area contributed by atoms with Crippen LogP contribution in [-0.2, 0) is 11.2 Å². The van der Waals surface area contributed by atoms with Gasteiger partial charge in [0.1, 0.15) is 0 Å². The van der Waals surface area contributed by atoms with E-state index in [4.69, 9.17) is 0 Å². The highest BCUT2D eigenvalue weighted by atomic mass is 16.1. The van der Waals surface area contributed by atoms with Crippen LogP contribution in [-0.4, -0.2) is 19.4 Å². The molecule has 2 nitrogen and oxygen atoms in total. The van der Waals surface area contributed by atoms with Crippen LogP contribution in [0.15, 0.2) is 24.3 Å². The van der Waals surface area contributed by atoms with Gasteiger partial charge in [0, 0.05) is 25.2 Å². The predicted molar refractivity (Wildman–Crippen MR) is 61.9 cm³/mol. The number of benzene rings is 1. The minimum Gasteiger partial charge on any atom is -0.372 e. The van der Waals surface area contributed by atoms with Gasteiger partial charge in [0.25, 0.3) is 0 Å². The van der Waals surface area contributed by atoms with Gasteiger partial charge in [-0.15, -0.1) is 0 Å². The molecular weight excluding hydrogens is 186 g/mol. The highest BCUT2D eigenvalue weighted by molar-refractivity contribution is 5.52. The Morgan fingerprint density at radius 3 is 2.40 bits per heavy atom. The molecule has 2 heteroatoms. The van der Waals surface area contributed by atoms with E-state index in [-0.39, 0.29) is 0 Å². The maximum atomic E-state index is 10.1. The zero-order valence-electron chi connectivity index (χ0n) is 8.91. The summed E-state index contributed by atoms with van der Waals surface area (Å²) >= 11 is 0. The molecule has 15 heavy (non-hydrogen) atoms. The fourth-order valence-electron chi connectivity index (χ4n) is 2.04. The van der Waals surface area contributed by atoms with E-state index in [9.17, 15) is 4.79 Å². The molecule has 0 unspecified atom stereocenters. The summed E-state index contributed by atoms with van der Waals surface area (Å²) in [6, 6.07) is 8.55. The Bertz CT molecular complexity index is 312. The number of rotatable bonds is 4. The second-order valence-electron chi connectivity index (χ2n) is 4.00. The van der Waals surface area contributed by atoms with Crippen molar-refractivity contribution in [1.82, 2.24) is 0 Å². The molecule has 1 aromatic carbocycles. The van der Waals surface area contributed by atoms with Crippen molar-refractivity contribution in [2.75, 3.05) is 18.0 Å². The Labute approximate surface area is 90.9 Å². The van der Waals surface area contributed by atoms with Crippen LogP contribution < -0.4 is 4.90 Å². The second-order valence-corrected chi connectivity index (χ2v) is 4.00. The van der Waals surface area contributed by atoms with Gasteiger partial charge in [-0.05, 0) is 37.0 Å². The number of nitrogens with zero attached hydrogens (tertiary/aromatic N) is 1. The van der Waals surface area contributed by atoms with Gasteiger partial charge in [-0.3, -0.25) is 4.79 Å². The quantitative estimate of drug-likeness (QED) is 0.747. The Morgan fingerprint density at radius 1 is 1.13 bits per heavy atom. The fraction of sp³-hybridized carbons (Fsp3) is 0.462. The third kappa shape index (κ3) is 2.58. The van der Waals surface area contributed by atoms with Crippen molar-refractivity contribution >= 4 is 12.0 Å². The molecular formula is C13H16NO. The molecule has 0 spiro atoms. The number of aryl methyl sites for hydroxylation is 1. The summed E-state index contributed by atoms with van der Waals surface area (Å²) < 4.78 is 0. The van der Waals surface area contributed by atoms with Gasteiger partial charge in [0.2, 0.25) is 0 Å². The first-order chi connectivity index (χ1) is 7.40. The van der Waals surface area contributed by atoms with E-state index in [1.54, 1.807) is 0 Å². The van der Waals surface area contributed by atoms with E-state index >= 15 is 0 Å². The van der Waals surface area contributed by atoms with Crippen LogP contribution in [0.2, 0.25) is 0 Å². The van der Waals surface area contributed by atoms with Crippen molar-refractivity contribution in [2.45, 2.75) is 25.7 Å². The molecule has 1 saturated heterocycles. The third-order valence-electron chi connectivity index (χ3n) is 2.92. The SMILES string of the molecule is O=[C]CCc1ccc(N2CCCC2)cc1. The number of hydrogen-bond acceptors (Lipinski definition) is 2. The zero-order chi connectivity index (χ0) is 10.5. The summed E-state index contributed by atoms with van der Waals surface area (Å²) in [5.41, 5.74) is 2.53. The zero-order valence-corrected chi connectivity index (χ0v) is 8.91. The standard InChI is InChI=1S/C13H16NO/c15-11-3-4-12-5-7-13(8-6-12)14-9-1-2-10-14/h5-8H,1-4,9-10H2. The van der Waals surface area contributed by atoms with Gasteiger partial charge in [-0.2, -0.15) is 0 Å². The second kappa shape index (κ2) is 4.96. The van der Waals surface area contributed by atoms with Crippen LogP contribution in [0, 0.1) is 0 Å². The maximum absolute atomic E-state index is 10.1. The van der Waals surface area contributed by atoms with Crippen LogP contribution in [0.5, 0.6) is 0 Å². The minimum atomic E-state index is 0.503. The highest BCUT2D eigenvalue weighted by Gasteiger charge is 2.11. The number of carbonyl (C=O) groups excluding carboxylic acids is 1. The van der Waals surface area contributed by atoms with Crippen molar-refractivity contribution in [3.8, 4) is 0 Å². The number of anilines is 1. The van der Waals surface area contributed by atoms with Crippen LogP contribution in [0.25, 0.3) is 0 Å². The predicted octanol–water partition coefficient (Wildman–Crippen LogP) is 2.33. The van der Waals surface area contributed by atoms with E-state index in [1.165, 1.54) is 37.2 Å². The summed E-state index contributed by atoms with van der Waals surface area (Å²) in [5.74, 6) is 0. The largest absolute Gasteiger partial charge is 0.372 e. The molecule has 0 N–H and O–H groups in total. The van der Waals surface area contributed by atoms with Crippen LogP contribution in [0.1, 0.15) is 24.8 Å². The molecule has 1 aromatic rings. The van der Waals surface area contributed by atoms with E-state index in [0.717, 1.165) is 6.42 Å². The Hall–Kier alpha value is -1.31. The minimum absolute atomic E-state index is 0.503. The third-order valence-corrected chi connectivity index (χ3v) is 2.92. The Morgan fingerprint density at radius 2 is 1.80 bits per heavy atom. The van der Waals surface area contributed by atoms with Crippen molar-refractivity contribution in [1.29, 1.82) is 0 Å². The Kier molecular flexibility index (Phi) is 3.38. The molecule has 2 rings (SSSR count). The molecule has 0 aromatic heterocycles. The van der Waals surface area contributed by atoms with Crippen LogP contribution in [0.4, 0.5) is 5.69 Å². The lowest BCUT2D eigenvalue weighted by molar-refractivity contribution is 0.551. The molecule has 0 aliphatic carbocycles. The molecule has 0 saturated carbocycles. The highest BCUT2D eigenvalue weighted by Crippen LogP contribution is 2.20. The van der Waals surface area contributed by atoms with Gasteiger partial charge in [-0.1, -0.05) is 12.1 Å². The summed E-state index contributed by atoms with van der Waals surface area (Å²) in [4.78, 5) is 12.5. The van der Waals surface area contributed by atoms with Gasteiger partial charge >= 0.3 is 0 Å². The van der Waals surface area contributed by atoms with E-state index in [2.05, 4.69) is 29.2 Å². The normalized spacial score (nSPS) is 15.6. The van der Waals surface area contributed by atoms with Gasteiger partial charge in [0.15, 0.2) is 6.29 Å². The summed E-state index contributed by atoms with van der Waals surface area (Å²) in [6.07, 6.45) is 5.85. The van der Waals surface area contributed by atoms with Crippen molar-refractivity contribution in [2.24, 2.45) is 0 Å². The lowest BCUT2D eigenvalue weighted by Crippen LogP contribution is -2.17. The smallest absolute Gasteiger partial charge is 0.198 e. The number of hydrogen-bond donors (Lipinski definition) is 0.